The van der Waals surface area contributed by atoms with Crippen molar-refractivity contribution in [2.45, 2.75) is 39.2 Å². The monoisotopic (exact) mass is 289 g/mol. The van der Waals surface area contributed by atoms with Gasteiger partial charge in [-0.15, -0.1) is 0 Å². The third kappa shape index (κ3) is 4.56. The minimum Gasteiger partial charge on any atom is -0.326 e. The van der Waals surface area contributed by atoms with Gasteiger partial charge in [-0.25, -0.2) is 0 Å². The van der Waals surface area contributed by atoms with Crippen molar-refractivity contribution in [2.75, 3.05) is 17.2 Å². The Morgan fingerprint density at radius 3 is 2.38 bits per heavy atom. The normalized spacial score (nSPS) is 21.6. The highest BCUT2D eigenvalue weighted by Gasteiger charge is 2.24. The summed E-state index contributed by atoms with van der Waals surface area (Å²) in [6, 6.07) is 7.62. The van der Waals surface area contributed by atoms with Crippen molar-refractivity contribution in [3.05, 3.63) is 24.3 Å². The number of hydrogen-bond acceptors (Lipinski definition) is 3. The number of benzene rings is 1. The predicted molar refractivity (Wildman–Crippen MR) is 84.2 cm³/mol. The van der Waals surface area contributed by atoms with Crippen LogP contribution >= 0.6 is 0 Å². The summed E-state index contributed by atoms with van der Waals surface area (Å²) in [5, 5.41) is 9.07. The van der Waals surface area contributed by atoms with E-state index in [-0.39, 0.29) is 17.7 Å². The van der Waals surface area contributed by atoms with Crippen LogP contribution < -0.4 is 16.0 Å². The van der Waals surface area contributed by atoms with Crippen molar-refractivity contribution in [2.24, 2.45) is 5.92 Å². The van der Waals surface area contributed by atoms with Crippen molar-refractivity contribution < 1.29 is 9.59 Å². The molecule has 2 rings (SSSR count). The Morgan fingerprint density at radius 2 is 1.81 bits per heavy atom. The molecule has 1 aliphatic rings. The van der Waals surface area contributed by atoms with Crippen LogP contribution in [0.5, 0.6) is 0 Å². The molecule has 1 saturated heterocycles. The van der Waals surface area contributed by atoms with Gasteiger partial charge in [0.1, 0.15) is 0 Å². The zero-order chi connectivity index (χ0) is 15.2. The number of hydrogen-bond donors (Lipinski definition) is 3. The smallest absolute Gasteiger partial charge is 0.227 e. The molecule has 2 amide bonds. The molecular formula is C16H23N3O2. The van der Waals surface area contributed by atoms with E-state index in [1.807, 2.05) is 19.1 Å². The average Bonchev–Trinajstić information content (AvgIpc) is 2.49. The highest BCUT2D eigenvalue weighted by molar-refractivity contribution is 5.94. The largest absolute Gasteiger partial charge is 0.326 e. The lowest BCUT2D eigenvalue weighted by molar-refractivity contribution is -0.121. The lowest BCUT2D eigenvalue weighted by Gasteiger charge is -2.27. The molecule has 0 bridgehead atoms. The molecule has 1 heterocycles. The van der Waals surface area contributed by atoms with Crippen LogP contribution in [0.25, 0.3) is 0 Å². The fourth-order valence-electron chi connectivity index (χ4n) is 2.50. The third-order valence-electron chi connectivity index (χ3n) is 3.75. The second-order valence-corrected chi connectivity index (χ2v) is 5.54. The first kappa shape index (κ1) is 15.5. The van der Waals surface area contributed by atoms with E-state index in [9.17, 15) is 9.59 Å². The molecule has 0 spiro atoms. The minimum atomic E-state index is -0.0181. The molecule has 1 fully saturated rings. The number of nitrogens with one attached hydrogen (secondary N) is 3. The van der Waals surface area contributed by atoms with E-state index in [4.69, 9.17) is 0 Å². The highest BCUT2D eigenvalue weighted by Crippen LogP contribution is 2.19. The Morgan fingerprint density at radius 1 is 1.19 bits per heavy atom. The van der Waals surface area contributed by atoms with Crippen LogP contribution in [0.1, 0.15) is 33.1 Å². The Balaban J connectivity index is 1.90. The van der Waals surface area contributed by atoms with Gasteiger partial charge < -0.3 is 16.0 Å². The van der Waals surface area contributed by atoms with E-state index in [1.54, 1.807) is 12.1 Å². The van der Waals surface area contributed by atoms with Gasteiger partial charge in [-0.3, -0.25) is 9.59 Å². The van der Waals surface area contributed by atoms with Crippen molar-refractivity contribution in [1.29, 1.82) is 0 Å². The molecule has 2 atom stereocenters. The Hall–Kier alpha value is -1.88. The molecule has 0 aromatic heterocycles. The number of carbonyl (C=O) groups is 2. The minimum absolute atomic E-state index is 0.0181. The lowest BCUT2D eigenvalue weighted by atomic mass is 9.92. The summed E-state index contributed by atoms with van der Waals surface area (Å²) >= 11 is 0. The van der Waals surface area contributed by atoms with E-state index in [0.717, 1.165) is 30.8 Å². The molecule has 0 aliphatic carbocycles. The standard InChI is InChI=1S/C16H23N3O2/c1-3-15(20)18-13-4-6-14(7-5-13)19-16(21)12-8-9-17-11(2)10-12/h4-7,11-12,17H,3,8-10H2,1-2H3,(H,18,20)(H,19,21). The summed E-state index contributed by atoms with van der Waals surface area (Å²) < 4.78 is 0. The van der Waals surface area contributed by atoms with Crippen molar-refractivity contribution >= 4 is 23.2 Å². The van der Waals surface area contributed by atoms with Gasteiger partial charge in [-0.05, 0) is 50.6 Å². The number of anilines is 2. The predicted octanol–water partition coefficient (Wildman–Crippen LogP) is 2.36. The quantitative estimate of drug-likeness (QED) is 0.797. The first-order valence-electron chi connectivity index (χ1n) is 7.52. The molecule has 0 radical (unpaired) electrons. The number of carbonyl (C=O) groups excluding carboxylic acids is 2. The van der Waals surface area contributed by atoms with Crippen LogP contribution in [0.15, 0.2) is 24.3 Å². The van der Waals surface area contributed by atoms with E-state index in [2.05, 4.69) is 22.9 Å². The topological polar surface area (TPSA) is 70.2 Å². The molecule has 1 aromatic carbocycles. The second kappa shape index (κ2) is 7.22. The molecule has 1 aliphatic heterocycles. The fraction of sp³-hybridized carbons (Fsp3) is 0.500. The van der Waals surface area contributed by atoms with E-state index < -0.39 is 0 Å². The Labute approximate surface area is 125 Å². The summed E-state index contributed by atoms with van der Waals surface area (Å²) in [6.07, 6.45) is 2.20. The second-order valence-electron chi connectivity index (χ2n) is 5.54. The molecule has 3 N–H and O–H groups in total. The maximum atomic E-state index is 12.2. The molecule has 5 nitrogen and oxygen atoms in total. The highest BCUT2D eigenvalue weighted by atomic mass is 16.2. The first-order chi connectivity index (χ1) is 10.1. The zero-order valence-corrected chi connectivity index (χ0v) is 12.6. The van der Waals surface area contributed by atoms with E-state index in [1.165, 1.54) is 0 Å². The van der Waals surface area contributed by atoms with Crippen molar-refractivity contribution in [1.82, 2.24) is 5.32 Å². The Kier molecular flexibility index (Phi) is 5.33. The summed E-state index contributed by atoms with van der Waals surface area (Å²) in [6.45, 7) is 4.80. The molecule has 114 valence electrons. The summed E-state index contributed by atoms with van der Waals surface area (Å²) in [5.41, 5.74) is 1.51. The van der Waals surface area contributed by atoms with Crippen molar-refractivity contribution in [3.63, 3.8) is 0 Å². The van der Waals surface area contributed by atoms with Crippen LogP contribution in [0.3, 0.4) is 0 Å². The Bertz CT molecular complexity index is 499. The molecule has 2 unspecified atom stereocenters. The number of piperidine rings is 1. The van der Waals surface area contributed by atoms with E-state index in [0.29, 0.717) is 12.5 Å². The van der Waals surface area contributed by atoms with Crippen LogP contribution in [0, 0.1) is 5.92 Å². The van der Waals surface area contributed by atoms with Crippen LogP contribution in [-0.4, -0.2) is 24.4 Å². The molecule has 1 aromatic rings. The SMILES string of the molecule is CCC(=O)Nc1ccc(NC(=O)C2CCNC(C)C2)cc1. The maximum Gasteiger partial charge on any atom is 0.227 e. The maximum absolute atomic E-state index is 12.2. The van der Waals surface area contributed by atoms with Gasteiger partial charge in [0.25, 0.3) is 0 Å². The van der Waals surface area contributed by atoms with Crippen LogP contribution in [0.2, 0.25) is 0 Å². The van der Waals surface area contributed by atoms with E-state index >= 15 is 0 Å². The molecule has 5 heteroatoms. The summed E-state index contributed by atoms with van der Waals surface area (Å²) in [5.74, 6) is 0.130. The molecule has 21 heavy (non-hydrogen) atoms. The van der Waals surface area contributed by atoms with Gasteiger partial charge in [0.2, 0.25) is 11.8 Å². The van der Waals surface area contributed by atoms with Gasteiger partial charge in [-0.1, -0.05) is 6.92 Å². The van der Waals surface area contributed by atoms with Gasteiger partial charge >= 0.3 is 0 Å². The van der Waals surface area contributed by atoms with Gasteiger partial charge in [-0.2, -0.15) is 0 Å². The summed E-state index contributed by atoms with van der Waals surface area (Å²) in [7, 11) is 0. The number of amides is 2. The first-order valence-corrected chi connectivity index (χ1v) is 7.52. The molecular weight excluding hydrogens is 266 g/mol. The fourth-order valence-corrected chi connectivity index (χ4v) is 2.50. The van der Waals surface area contributed by atoms with Crippen molar-refractivity contribution in [3.8, 4) is 0 Å². The van der Waals surface area contributed by atoms with Crippen LogP contribution in [0.4, 0.5) is 11.4 Å². The zero-order valence-electron chi connectivity index (χ0n) is 12.6. The lowest BCUT2D eigenvalue weighted by Crippen LogP contribution is -2.40. The summed E-state index contributed by atoms with van der Waals surface area (Å²) in [4.78, 5) is 23.5. The number of rotatable bonds is 4. The average molecular weight is 289 g/mol. The van der Waals surface area contributed by atoms with Gasteiger partial charge in [0, 0.05) is 29.8 Å². The van der Waals surface area contributed by atoms with Gasteiger partial charge in [0.05, 0.1) is 0 Å². The molecule has 0 saturated carbocycles. The van der Waals surface area contributed by atoms with Gasteiger partial charge in [0.15, 0.2) is 0 Å². The third-order valence-corrected chi connectivity index (χ3v) is 3.75. The van der Waals surface area contributed by atoms with Crippen LogP contribution in [-0.2, 0) is 9.59 Å².